The molecule has 2 aliphatic rings. The quantitative estimate of drug-likeness (QED) is 0.556. The summed E-state index contributed by atoms with van der Waals surface area (Å²) in [6.45, 7) is 8.90. The highest BCUT2D eigenvalue weighted by atomic mass is 32.1. The molecule has 3 aromatic rings. The molecule has 4 heterocycles. The molecule has 172 valence electrons. The van der Waals surface area contributed by atoms with Gasteiger partial charge in [-0.05, 0) is 39.0 Å². The number of aryl methyl sites for hydroxylation is 2. The van der Waals surface area contributed by atoms with Crippen LogP contribution in [0.4, 0.5) is 17.5 Å². The summed E-state index contributed by atoms with van der Waals surface area (Å²) >= 11 is 1.65. The van der Waals surface area contributed by atoms with Gasteiger partial charge in [-0.2, -0.15) is 15.1 Å². The van der Waals surface area contributed by atoms with Gasteiger partial charge in [0.1, 0.15) is 5.52 Å². The smallest absolute Gasteiger partial charge is 0.230 e. The highest BCUT2D eigenvalue weighted by Crippen LogP contribution is 2.31. The second-order valence-corrected chi connectivity index (χ2v) is 9.58. The van der Waals surface area contributed by atoms with E-state index in [4.69, 9.17) is 19.7 Å². The van der Waals surface area contributed by atoms with E-state index in [9.17, 15) is 0 Å². The lowest BCUT2D eigenvalue weighted by Crippen LogP contribution is -2.46. The van der Waals surface area contributed by atoms with Gasteiger partial charge < -0.3 is 15.4 Å². The normalized spacial score (nSPS) is 22.3. The van der Waals surface area contributed by atoms with Gasteiger partial charge in [-0.1, -0.05) is 18.3 Å². The molecule has 0 spiro atoms. The number of anilines is 3. The van der Waals surface area contributed by atoms with Crippen LogP contribution in [0.15, 0.2) is 12.4 Å². The van der Waals surface area contributed by atoms with Crippen LogP contribution in [0.1, 0.15) is 44.5 Å². The van der Waals surface area contributed by atoms with Crippen molar-refractivity contribution in [1.82, 2.24) is 29.6 Å². The number of ether oxygens (including phenoxy) is 1. The zero-order valence-corrected chi connectivity index (χ0v) is 19.7. The van der Waals surface area contributed by atoms with E-state index in [-0.39, 0.29) is 0 Å². The predicted molar refractivity (Wildman–Crippen MR) is 128 cm³/mol. The molecule has 1 saturated heterocycles. The Morgan fingerprint density at radius 2 is 1.91 bits per heavy atom. The van der Waals surface area contributed by atoms with Gasteiger partial charge in [0.15, 0.2) is 10.6 Å². The SMILES string of the molecule is CCc1nc2c(NC3CCC(N4CCOCC4)CC3)nc(Nc3cnn(CC)c3)nc2s1. The Labute approximate surface area is 192 Å². The van der Waals surface area contributed by atoms with E-state index >= 15 is 0 Å². The van der Waals surface area contributed by atoms with Crippen LogP contribution in [0.2, 0.25) is 0 Å². The summed E-state index contributed by atoms with van der Waals surface area (Å²) in [5.74, 6) is 1.43. The van der Waals surface area contributed by atoms with Gasteiger partial charge in [-0.15, -0.1) is 0 Å². The second-order valence-electron chi connectivity index (χ2n) is 8.52. The van der Waals surface area contributed by atoms with E-state index in [1.165, 1.54) is 12.8 Å². The zero-order chi connectivity index (χ0) is 21.9. The zero-order valence-electron chi connectivity index (χ0n) is 18.9. The molecule has 3 aromatic heterocycles. The van der Waals surface area contributed by atoms with Crippen LogP contribution in [0.25, 0.3) is 10.3 Å². The van der Waals surface area contributed by atoms with Crippen molar-refractivity contribution in [2.24, 2.45) is 0 Å². The minimum absolute atomic E-state index is 0.410. The largest absolute Gasteiger partial charge is 0.379 e. The summed E-state index contributed by atoms with van der Waals surface area (Å²) in [5.41, 5.74) is 1.78. The van der Waals surface area contributed by atoms with E-state index < -0.39 is 0 Å². The van der Waals surface area contributed by atoms with Crippen molar-refractivity contribution in [2.45, 2.75) is 64.6 Å². The highest BCUT2D eigenvalue weighted by molar-refractivity contribution is 7.18. The van der Waals surface area contributed by atoms with Crippen molar-refractivity contribution >= 4 is 39.1 Å². The molecule has 1 aliphatic heterocycles. The third-order valence-electron chi connectivity index (χ3n) is 6.42. The van der Waals surface area contributed by atoms with Crippen molar-refractivity contribution in [1.29, 1.82) is 0 Å². The van der Waals surface area contributed by atoms with Crippen LogP contribution in [0.3, 0.4) is 0 Å². The van der Waals surface area contributed by atoms with Crippen molar-refractivity contribution in [3.8, 4) is 0 Å². The minimum atomic E-state index is 0.410. The standard InChI is InChI=1S/C22H32N8OS/c1-3-18-26-19-20(24-15-5-7-17(8-6-15)29-9-11-31-12-10-29)27-22(28-21(19)32-18)25-16-13-23-30(4-2)14-16/h13-15,17H,3-12H2,1-2H3,(H2,24,25,27,28). The van der Waals surface area contributed by atoms with Crippen LogP contribution in [0.5, 0.6) is 0 Å². The van der Waals surface area contributed by atoms with Gasteiger partial charge >= 0.3 is 0 Å². The number of nitrogens with one attached hydrogen (secondary N) is 2. The van der Waals surface area contributed by atoms with Gasteiger partial charge in [0, 0.05) is 37.9 Å². The molecule has 2 N–H and O–H groups in total. The molecule has 0 unspecified atom stereocenters. The molecule has 32 heavy (non-hydrogen) atoms. The van der Waals surface area contributed by atoms with E-state index in [1.807, 2.05) is 10.9 Å². The molecule has 10 heteroatoms. The van der Waals surface area contributed by atoms with E-state index in [1.54, 1.807) is 17.5 Å². The predicted octanol–water partition coefficient (Wildman–Crippen LogP) is 3.66. The molecule has 0 amide bonds. The minimum Gasteiger partial charge on any atom is -0.379 e. The molecular weight excluding hydrogens is 424 g/mol. The first-order chi connectivity index (χ1) is 15.7. The summed E-state index contributed by atoms with van der Waals surface area (Å²) in [7, 11) is 0. The van der Waals surface area contributed by atoms with Gasteiger partial charge in [-0.3, -0.25) is 9.58 Å². The maximum atomic E-state index is 5.52. The third-order valence-corrected chi connectivity index (χ3v) is 7.51. The maximum Gasteiger partial charge on any atom is 0.230 e. The Balaban J connectivity index is 1.32. The van der Waals surface area contributed by atoms with Gasteiger partial charge in [0.05, 0.1) is 30.1 Å². The average Bonchev–Trinajstić information content (AvgIpc) is 3.47. The first-order valence-corrected chi connectivity index (χ1v) is 12.6. The number of fused-ring (bicyclic) bond motifs is 1. The van der Waals surface area contributed by atoms with Crippen LogP contribution in [0, 0.1) is 0 Å². The van der Waals surface area contributed by atoms with Crippen LogP contribution >= 0.6 is 11.3 Å². The van der Waals surface area contributed by atoms with Crippen LogP contribution < -0.4 is 10.6 Å². The Hall–Kier alpha value is -2.30. The fourth-order valence-corrected chi connectivity index (χ4v) is 5.50. The molecule has 0 bridgehead atoms. The fraction of sp³-hybridized carbons (Fsp3) is 0.636. The molecule has 0 radical (unpaired) electrons. The Kier molecular flexibility index (Phi) is 6.52. The van der Waals surface area contributed by atoms with Gasteiger partial charge in [0.2, 0.25) is 5.95 Å². The van der Waals surface area contributed by atoms with Crippen LogP contribution in [-0.2, 0) is 17.7 Å². The maximum absolute atomic E-state index is 5.52. The Morgan fingerprint density at radius 3 is 2.62 bits per heavy atom. The molecule has 1 aliphatic carbocycles. The number of hydrogen-bond donors (Lipinski definition) is 2. The average molecular weight is 457 g/mol. The summed E-state index contributed by atoms with van der Waals surface area (Å²) in [6, 6.07) is 1.09. The van der Waals surface area contributed by atoms with E-state index in [0.717, 1.165) is 79.0 Å². The summed E-state index contributed by atoms with van der Waals surface area (Å²) in [6.07, 6.45) is 9.39. The molecule has 5 rings (SSSR count). The van der Waals surface area contributed by atoms with Crippen molar-refractivity contribution in [3.63, 3.8) is 0 Å². The molecular formula is C22H32N8OS. The number of hydrogen-bond acceptors (Lipinski definition) is 9. The monoisotopic (exact) mass is 456 g/mol. The fourth-order valence-electron chi connectivity index (χ4n) is 4.62. The number of thiazole rings is 1. The second kappa shape index (κ2) is 9.68. The third kappa shape index (κ3) is 4.72. The van der Waals surface area contributed by atoms with E-state index in [0.29, 0.717) is 18.0 Å². The number of nitrogens with zero attached hydrogens (tertiary/aromatic N) is 6. The summed E-state index contributed by atoms with van der Waals surface area (Å²) in [4.78, 5) is 17.9. The van der Waals surface area contributed by atoms with Crippen molar-refractivity contribution in [2.75, 3.05) is 36.9 Å². The van der Waals surface area contributed by atoms with Gasteiger partial charge in [0.25, 0.3) is 0 Å². The lowest BCUT2D eigenvalue weighted by Gasteiger charge is -2.39. The van der Waals surface area contributed by atoms with Gasteiger partial charge in [-0.25, -0.2) is 4.98 Å². The summed E-state index contributed by atoms with van der Waals surface area (Å²) in [5, 5.41) is 12.5. The number of rotatable bonds is 7. The molecule has 0 atom stereocenters. The van der Waals surface area contributed by atoms with E-state index in [2.05, 4.69) is 34.5 Å². The molecule has 2 fully saturated rings. The summed E-state index contributed by atoms with van der Waals surface area (Å²) < 4.78 is 7.40. The molecule has 1 saturated carbocycles. The van der Waals surface area contributed by atoms with Crippen molar-refractivity contribution in [3.05, 3.63) is 17.4 Å². The van der Waals surface area contributed by atoms with Crippen LogP contribution in [-0.4, -0.2) is 68.0 Å². The molecule has 0 aromatic carbocycles. The topological polar surface area (TPSA) is 93.0 Å². The first kappa shape index (κ1) is 21.5. The number of aromatic nitrogens is 5. The van der Waals surface area contributed by atoms with Crippen molar-refractivity contribution < 1.29 is 4.74 Å². The number of morpholine rings is 1. The lowest BCUT2D eigenvalue weighted by molar-refractivity contribution is 0.00791. The Morgan fingerprint density at radius 1 is 1.09 bits per heavy atom. The Bertz CT molecular complexity index is 1040. The molecule has 9 nitrogen and oxygen atoms in total. The lowest BCUT2D eigenvalue weighted by atomic mass is 9.90. The highest BCUT2D eigenvalue weighted by Gasteiger charge is 2.27. The first-order valence-electron chi connectivity index (χ1n) is 11.8.